The fourth-order valence-corrected chi connectivity index (χ4v) is 3.21. The van der Waals surface area contributed by atoms with Crippen molar-refractivity contribution in [2.24, 2.45) is 0 Å². The highest BCUT2D eigenvalue weighted by Crippen LogP contribution is 2.51. The van der Waals surface area contributed by atoms with Crippen molar-refractivity contribution >= 4 is 23.5 Å². The molecule has 0 saturated heterocycles. The van der Waals surface area contributed by atoms with Crippen molar-refractivity contribution in [1.82, 2.24) is 0 Å². The van der Waals surface area contributed by atoms with Crippen LogP contribution in [0.25, 0.3) is 0 Å². The van der Waals surface area contributed by atoms with Gasteiger partial charge < -0.3 is 10.2 Å². The van der Waals surface area contributed by atoms with Gasteiger partial charge in [0.1, 0.15) is 0 Å². The number of hydrogen-bond donors (Lipinski definition) is 2. The standard InChI is InChI=1S/C14H10F20O4S2/c15-5(37-13(31,32)9(21,22)11(25,26)27)7(17,18)39-1-3(35)4(36)2-40-8(19,20)6(16)38-14(33,34)10(23,24)12(28,29)30/h3-6,35-36H,1-2H2. The predicted molar refractivity (Wildman–Crippen MR) is 90.7 cm³/mol. The first-order valence-electron chi connectivity index (χ1n) is 8.95. The lowest BCUT2D eigenvalue weighted by atomic mass is 10.3. The molecule has 0 amide bonds. The predicted octanol–water partition coefficient (Wildman–Crippen LogP) is 6.57. The van der Waals surface area contributed by atoms with E-state index >= 15 is 0 Å². The molecule has 0 aliphatic heterocycles. The summed E-state index contributed by atoms with van der Waals surface area (Å²) in [4.78, 5) is 0. The molecule has 0 bridgehead atoms. The quantitative estimate of drug-likeness (QED) is 0.191. The number of aliphatic hydroxyl groups is 2. The van der Waals surface area contributed by atoms with Crippen molar-refractivity contribution in [1.29, 1.82) is 0 Å². The van der Waals surface area contributed by atoms with Gasteiger partial charge in [-0.15, -0.1) is 0 Å². The Labute approximate surface area is 215 Å². The smallest absolute Gasteiger partial charge is 0.390 e. The summed E-state index contributed by atoms with van der Waals surface area (Å²) in [5.74, 6) is -18.2. The van der Waals surface area contributed by atoms with E-state index in [1.807, 2.05) is 0 Å². The molecule has 0 heterocycles. The second kappa shape index (κ2) is 12.4. The van der Waals surface area contributed by atoms with Crippen molar-refractivity contribution in [2.45, 2.75) is 71.8 Å². The van der Waals surface area contributed by atoms with Crippen LogP contribution in [0, 0.1) is 0 Å². The second-order valence-electron chi connectivity index (χ2n) is 6.93. The number of rotatable bonds is 15. The van der Waals surface area contributed by atoms with Crippen LogP contribution in [0.1, 0.15) is 0 Å². The largest absolute Gasteiger partial charge is 0.462 e. The second-order valence-corrected chi connectivity index (χ2v) is 9.26. The Bertz CT molecular complexity index is 752. The lowest BCUT2D eigenvalue weighted by Gasteiger charge is -2.31. The number of hydrogen-bond acceptors (Lipinski definition) is 6. The molecular weight excluding hydrogens is 676 g/mol. The molecule has 4 atom stereocenters. The molecule has 2 N–H and O–H groups in total. The van der Waals surface area contributed by atoms with Crippen LogP contribution in [0.4, 0.5) is 87.8 Å². The van der Waals surface area contributed by atoms with Crippen LogP contribution in [0.15, 0.2) is 0 Å². The first kappa shape index (κ1) is 39.1. The fraction of sp³-hybridized carbons (Fsp3) is 1.00. The first-order valence-corrected chi connectivity index (χ1v) is 10.9. The van der Waals surface area contributed by atoms with Crippen LogP contribution in [0.5, 0.6) is 0 Å². The Balaban J connectivity index is 5.16. The average molecular weight is 686 g/mol. The third kappa shape index (κ3) is 9.07. The average Bonchev–Trinajstić information content (AvgIpc) is 2.73. The molecule has 0 aliphatic rings. The SMILES string of the molecule is OC(CSC(F)(F)C(F)OC(F)(F)C(F)(F)C(F)(F)F)C(O)CSC(F)(F)C(F)OC(F)(F)C(F)(F)C(F)(F)F. The normalized spacial score (nSPS) is 18.4. The van der Waals surface area contributed by atoms with E-state index in [9.17, 15) is 98.0 Å². The maximum Gasteiger partial charge on any atom is 0.462 e. The van der Waals surface area contributed by atoms with Crippen molar-refractivity contribution in [2.75, 3.05) is 11.5 Å². The van der Waals surface area contributed by atoms with E-state index in [4.69, 9.17) is 0 Å². The van der Waals surface area contributed by atoms with Gasteiger partial charge in [0.25, 0.3) is 12.7 Å². The van der Waals surface area contributed by atoms with Crippen molar-refractivity contribution in [3.63, 3.8) is 0 Å². The zero-order valence-electron chi connectivity index (χ0n) is 17.8. The van der Waals surface area contributed by atoms with Gasteiger partial charge in [0.05, 0.1) is 12.2 Å². The highest BCUT2D eigenvalue weighted by atomic mass is 32.2. The van der Waals surface area contributed by atoms with E-state index in [1.54, 1.807) is 0 Å². The summed E-state index contributed by atoms with van der Waals surface area (Å²) in [5.41, 5.74) is 0. The molecule has 0 rings (SSSR count). The summed E-state index contributed by atoms with van der Waals surface area (Å²) in [6.07, 6.45) is -43.8. The molecule has 0 aliphatic carbocycles. The van der Waals surface area contributed by atoms with E-state index in [2.05, 4.69) is 9.47 Å². The summed E-state index contributed by atoms with van der Waals surface area (Å²) < 4.78 is 258. The van der Waals surface area contributed by atoms with E-state index in [1.165, 1.54) is 0 Å². The molecule has 4 nitrogen and oxygen atoms in total. The van der Waals surface area contributed by atoms with Gasteiger partial charge in [0.15, 0.2) is 0 Å². The Morgan fingerprint density at radius 1 is 0.475 bits per heavy atom. The number of aliphatic hydroxyl groups excluding tert-OH is 2. The molecule has 26 heteroatoms. The van der Waals surface area contributed by atoms with Gasteiger partial charge in [0, 0.05) is 11.5 Å². The summed E-state index contributed by atoms with van der Waals surface area (Å²) >= 11 is -2.91. The zero-order chi connectivity index (χ0) is 32.6. The number of thioether (sulfide) groups is 2. The maximum atomic E-state index is 13.5. The van der Waals surface area contributed by atoms with Crippen molar-refractivity contribution in [3.8, 4) is 0 Å². The van der Waals surface area contributed by atoms with Crippen LogP contribution < -0.4 is 0 Å². The van der Waals surface area contributed by atoms with Gasteiger partial charge in [-0.3, -0.25) is 9.47 Å². The first-order chi connectivity index (χ1) is 17.3. The minimum Gasteiger partial charge on any atom is -0.390 e. The van der Waals surface area contributed by atoms with E-state index in [-0.39, 0.29) is 0 Å². The van der Waals surface area contributed by atoms with E-state index in [0.717, 1.165) is 0 Å². The topological polar surface area (TPSA) is 58.9 Å². The molecule has 0 aromatic rings. The van der Waals surface area contributed by atoms with E-state index in [0.29, 0.717) is 0 Å². The Kier molecular flexibility index (Phi) is 12.1. The van der Waals surface area contributed by atoms with Gasteiger partial charge in [-0.05, 0) is 0 Å². The van der Waals surface area contributed by atoms with Crippen molar-refractivity contribution < 1.29 is 107 Å². The lowest BCUT2D eigenvalue weighted by Crippen LogP contribution is -2.55. The van der Waals surface area contributed by atoms with Gasteiger partial charge in [-0.1, -0.05) is 23.5 Å². The van der Waals surface area contributed by atoms with Crippen LogP contribution >= 0.6 is 23.5 Å². The highest BCUT2D eigenvalue weighted by Gasteiger charge is 2.77. The Morgan fingerprint density at radius 2 is 0.700 bits per heavy atom. The molecule has 242 valence electrons. The summed E-state index contributed by atoms with van der Waals surface area (Å²) in [6, 6.07) is 0. The molecular formula is C14H10F20O4S2. The molecule has 0 spiro atoms. The number of halogens is 20. The molecule has 0 radical (unpaired) electrons. The van der Waals surface area contributed by atoms with Gasteiger partial charge in [-0.25, -0.2) is 8.78 Å². The van der Waals surface area contributed by atoms with E-state index < -0.39 is 107 Å². The maximum absolute atomic E-state index is 13.5. The van der Waals surface area contributed by atoms with Crippen molar-refractivity contribution in [3.05, 3.63) is 0 Å². The zero-order valence-corrected chi connectivity index (χ0v) is 19.4. The highest BCUT2D eigenvalue weighted by molar-refractivity contribution is 8.00. The third-order valence-electron chi connectivity index (χ3n) is 3.81. The summed E-state index contributed by atoms with van der Waals surface area (Å²) in [5, 5.41) is 7.61. The molecule has 0 fully saturated rings. The molecule has 0 aromatic carbocycles. The van der Waals surface area contributed by atoms with Crippen LogP contribution in [-0.2, 0) is 9.47 Å². The minimum atomic E-state index is -7.20. The van der Waals surface area contributed by atoms with Crippen LogP contribution in [0.2, 0.25) is 0 Å². The molecule has 0 saturated carbocycles. The molecule has 4 unspecified atom stereocenters. The number of alkyl halides is 20. The molecule has 0 aromatic heterocycles. The van der Waals surface area contributed by atoms with Gasteiger partial charge in [-0.2, -0.15) is 79.0 Å². The fourth-order valence-electron chi connectivity index (χ4n) is 1.62. The summed E-state index contributed by atoms with van der Waals surface area (Å²) in [6.45, 7) is 0. The van der Waals surface area contributed by atoms with Gasteiger partial charge >= 0.3 is 46.9 Å². The Hall–Kier alpha value is -0.860. The summed E-state index contributed by atoms with van der Waals surface area (Å²) in [7, 11) is 0. The number of ether oxygens (including phenoxy) is 2. The monoisotopic (exact) mass is 686 g/mol. The Morgan fingerprint density at radius 3 is 0.900 bits per heavy atom. The molecule has 40 heavy (non-hydrogen) atoms. The van der Waals surface area contributed by atoms with Crippen LogP contribution in [0.3, 0.4) is 0 Å². The lowest BCUT2D eigenvalue weighted by molar-refractivity contribution is -0.446. The van der Waals surface area contributed by atoms with Crippen LogP contribution in [-0.4, -0.2) is 93.6 Å². The third-order valence-corrected chi connectivity index (χ3v) is 5.97. The minimum absolute atomic E-state index is 1.45. The van der Waals surface area contributed by atoms with Gasteiger partial charge in [0.2, 0.25) is 0 Å².